The normalized spacial score (nSPS) is 11.0. The Morgan fingerprint density at radius 1 is 1.12 bits per heavy atom. The Morgan fingerprint density at radius 3 is 2.52 bits per heavy atom. The summed E-state index contributed by atoms with van der Waals surface area (Å²) in [7, 11) is 0. The molecule has 0 saturated heterocycles. The predicted molar refractivity (Wildman–Crippen MR) is 91.5 cm³/mol. The quantitative estimate of drug-likeness (QED) is 0.586. The number of ether oxygens (including phenoxy) is 1. The van der Waals surface area contributed by atoms with Crippen LogP contribution in [0.15, 0.2) is 47.6 Å². The van der Waals surface area contributed by atoms with Gasteiger partial charge in [0.05, 0.1) is 11.3 Å². The van der Waals surface area contributed by atoms with Crippen molar-refractivity contribution in [1.29, 1.82) is 0 Å². The predicted octanol–water partition coefficient (Wildman–Crippen LogP) is 4.61. The largest absolute Gasteiger partial charge is 0.456 e. The lowest BCUT2D eigenvalue weighted by molar-refractivity contribution is -0.0533. The van der Waals surface area contributed by atoms with Gasteiger partial charge in [-0.1, -0.05) is 29.4 Å². The standard InChI is InChI=1S/C18H18F2N2O3/c1-12-6-5-9-15(13(12)2)22-16-8-4-3-7-14(16)17(23)25-11-18(19,20)10-21-24/h3-9,22H,10-11H2,1-2H3. The lowest BCUT2D eigenvalue weighted by Gasteiger charge is -2.16. The number of nitrogens with zero attached hydrogens (tertiary/aromatic N) is 1. The smallest absolute Gasteiger partial charge is 0.340 e. The van der Waals surface area contributed by atoms with Gasteiger partial charge in [-0.15, -0.1) is 0 Å². The van der Waals surface area contributed by atoms with Crippen LogP contribution in [-0.2, 0) is 4.74 Å². The number of rotatable bonds is 7. The van der Waals surface area contributed by atoms with Gasteiger partial charge in [-0.2, -0.15) is 4.91 Å². The molecule has 0 atom stereocenters. The van der Waals surface area contributed by atoms with E-state index >= 15 is 0 Å². The molecular weight excluding hydrogens is 330 g/mol. The fraction of sp³-hybridized carbons (Fsp3) is 0.278. The number of aryl methyl sites for hydroxylation is 1. The van der Waals surface area contributed by atoms with E-state index in [-0.39, 0.29) is 5.56 Å². The molecule has 0 aromatic heterocycles. The lowest BCUT2D eigenvalue weighted by Crippen LogP contribution is -2.29. The number of para-hydroxylation sites is 1. The second-order valence-corrected chi connectivity index (χ2v) is 5.64. The van der Waals surface area contributed by atoms with Crippen molar-refractivity contribution in [2.45, 2.75) is 19.8 Å². The van der Waals surface area contributed by atoms with Crippen molar-refractivity contribution in [3.8, 4) is 0 Å². The molecular formula is C18H18F2N2O3. The van der Waals surface area contributed by atoms with Crippen LogP contribution in [0.25, 0.3) is 0 Å². The summed E-state index contributed by atoms with van der Waals surface area (Å²) in [6, 6.07) is 12.2. The zero-order valence-corrected chi connectivity index (χ0v) is 13.9. The zero-order chi connectivity index (χ0) is 18.4. The number of benzene rings is 2. The van der Waals surface area contributed by atoms with Crippen molar-refractivity contribution in [3.63, 3.8) is 0 Å². The van der Waals surface area contributed by atoms with Crippen LogP contribution in [-0.4, -0.2) is 25.0 Å². The van der Waals surface area contributed by atoms with E-state index in [9.17, 15) is 18.5 Å². The van der Waals surface area contributed by atoms with E-state index in [0.717, 1.165) is 16.8 Å². The minimum atomic E-state index is -3.48. The van der Waals surface area contributed by atoms with Crippen molar-refractivity contribution in [2.24, 2.45) is 5.18 Å². The summed E-state index contributed by atoms with van der Waals surface area (Å²) in [4.78, 5) is 22.1. The molecule has 0 spiro atoms. The van der Waals surface area contributed by atoms with E-state index < -0.39 is 25.0 Å². The number of esters is 1. The van der Waals surface area contributed by atoms with Crippen LogP contribution in [0.2, 0.25) is 0 Å². The first-order chi connectivity index (χ1) is 11.8. The Kier molecular flexibility index (Phi) is 5.80. The minimum Gasteiger partial charge on any atom is -0.456 e. The molecule has 0 aliphatic heterocycles. The van der Waals surface area contributed by atoms with Crippen LogP contribution in [0.4, 0.5) is 20.2 Å². The number of nitrogens with one attached hydrogen (secondary N) is 1. The highest BCUT2D eigenvalue weighted by atomic mass is 19.3. The van der Waals surface area contributed by atoms with E-state index in [0.29, 0.717) is 5.69 Å². The molecule has 0 saturated carbocycles. The summed E-state index contributed by atoms with van der Waals surface area (Å²) in [6.07, 6.45) is 0. The maximum absolute atomic E-state index is 13.3. The third kappa shape index (κ3) is 4.82. The molecule has 1 N–H and O–H groups in total. The fourth-order valence-electron chi connectivity index (χ4n) is 2.19. The number of nitroso groups, excluding NO2 is 1. The molecule has 2 aromatic carbocycles. The van der Waals surface area contributed by atoms with E-state index in [4.69, 9.17) is 0 Å². The maximum atomic E-state index is 13.3. The van der Waals surface area contributed by atoms with Crippen LogP contribution in [0.3, 0.4) is 0 Å². The van der Waals surface area contributed by atoms with Crippen LogP contribution < -0.4 is 5.32 Å². The van der Waals surface area contributed by atoms with Crippen molar-refractivity contribution in [2.75, 3.05) is 18.5 Å². The highest BCUT2D eigenvalue weighted by Gasteiger charge is 2.32. The topological polar surface area (TPSA) is 67.8 Å². The molecule has 0 heterocycles. The Morgan fingerprint density at radius 2 is 1.80 bits per heavy atom. The molecule has 132 valence electrons. The Labute approximate surface area is 144 Å². The lowest BCUT2D eigenvalue weighted by atomic mass is 10.1. The van der Waals surface area contributed by atoms with Gasteiger partial charge < -0.3 is 10.1 Å². The molecule has 25 heavy (non-hydrogen) atoms. The van der Waals surface area contributed by atoms with E-state index in [1.165, 1.54) is 6.07 Å². The fourth-order valence-corrected chi connectivity index (χ4v) is 2.19. The van der Waals surface area contributed by atoms with Gasteiger partial charge in [0.2, 0.25) is 0 Å². The second kappa shape index (κ2) is 7.83. The first kappa shape index (κ1) is 18.5. The van der Waals surface area contributed by atoms with Crippen molar-refractivity contribution < 1.29 is 18.3 Å². The summed E-state index contributed by atoms with van der Waals surface area (Å²) < 4.78 is 31.2. The zero-order valence-electron chi connectivity index (χ0n) is 13.9. The van der Waals surface area contributed by atoms with Gasteiger partial charge in [0.15, 0.2) is 6.61 Å². The van der Waals surface area contributed by atoms with Crippen LogP contribution >= 0.6 is 0 Å². The van der Waals surface area contributed by atoms with Gasteiger partial charge in [0, 0.05) is 5.69 Å². The number of alkyl halides is 2. The third-order valence-electron chi connectivity index (χ3n) is 3.73. The molecule has 7 heteroatoms. The first-order valence-electron chi connectivity index (χ1n) is 7.60. The molecule has 0 amide bonds. The number of halogens is 2. The number of hydrogen-bond donors (Lipinski definition) is 1. The summed E-state index contributed by atoms with van der Waals surface area (Å²) in [6.45, 7) is 1.47. The minimum absolute atomic E-state index is 0.123. The molecule has 2 aromatic rings. The number of hydrogen-bond acceptors (Lipinski definition) is 5. The molecule has 0 aliphatic carbocycles. The monoisotopic (exact) mass is 348 g/mol. The Bertz CT molecular complexity index is 779. The van der Waals surface area contributed by atoms with Crippen molar-refractivity contribution in [1.82, 2.24) is 0 Å². The van der Waals surface area contributed by atoms with Gasteiger partial charge in [-0.25, -0.2) is 13.6 Å². The molecule has 5 nitrogen and oxygen atoms in total. The van der Waals surface area contributed by atoms with Gasteiger partial charge in [0.1, 0.15) is 6.54 Å². The summed E-state index contributed by atoms with van der Waals surface area (Å²) in [5.41, 5.74) is 3.45. The van der Waals surface area contributed by atoms with Crippen molar-refractivity contribution in [3.05, 3.63) is 64.1 Å². The average Bonchev–Trinajstić information content (AvgIpc) is 2.57. The maximum Gasteiger partial charge on any atom is 0.340 e. The molecule has 0 aliphatic rings. The molecule has 2 rings (SSSR count). The third-order valence-corrected chi connectivity index (χ3v) is 3.73. The van der Waals surface area contributed by atoms with Gasteiger partial charge in [0.25, 0.3) is 0 Å². The number of anilines is 2. The van der Waals surface area contributed by atoms with Gasteiger partial charge >= 0.3 is 11.9 Å². The highest BCUT2D eigenvalue weighted by Crippen LogP contribution is 2.26. The van der Waals surface area contributed by atoms with E-state index in [1.54, 1.807) is 18.2 Å². The first-order valence-corrected chi connectivity index (χ1v) is 7.60. The Balaban J connectivity index is 2.18. The van der Waals surface area contributed by atoms with Gasteiger partial charge in [-0.05, 0) is 43.2 Å². The van der Waals surface area contributed by atoms with Crippen LogP contribution in [0.1, 0.15) is 21.5 Å². The second-order valence-electron chi connectivity index (χ2n) is 5.64. The average molecular weight is 348 g/mol. The summed E-state index contributed by atoms with van der Waals surface area (Å²) >= 11 is 0. The molecule has 0 radical (unpaired) electrons. The summed E-state index contributed by atoms with van der Waals surface area (Å²) in [5, 5.41) is 5.27. The van der Waals surface area contributed by atoms with E-state index in [2.05, 4.69) is 15.2 Å². The van der Waals surface area contributed by atoms with Gasteiger partial charge in [-0.3, -0.25) is 0 Å². The van der Waals surface area contributed by atoms with Crippen LogP contribution in [0, 0.1) is 18.8 Å². The van der Waals surface area contributed by atoms with Crippen LogP contribution in [0.5, 0.6) is 0 Å². The van der Waals surface area contributed by atoms with Crippen molar-refractivity contribution >= 4 is 17.3 Å². The number of carbonyl (C=O) groups is 1. The number of carbonyl (C=O) groups excluding carboxylic acids is 1. The van der Waals surface area contributed by atoms with E-state index in [1.807, 2.05) is 32.0 Å². The Hall–Kier alpha value is -2.83. The molecule has 0 bridgehead atoms. The summed E-state index contributed by atoms with van der Waals surface area (Å²) in [5.74, 6) is -4.38. The molecule has 0 fully saturated rings. The highest BCUT2D eigenvalue weighted by molar-refractivity contribution is 5.96. The molecule has 0 unspecified atom stereocenters. The SMILES string of the molecule is Cc1cccc(Nc2ccccc2C(=O)OCC(F)(F)CN=O)c1C.